The Morgan fingerprint density at radius 3 is 2.62 bits per heavy atom. The molecule has 0 saturated heterocycles. The van der Waals surface area contributed by atoms with Crippen molar-refractivity contribution in [2.24, 2.45) is 33.7 Å². The van der Waals surface area contributed by atoms with E-state index in [-0.39, 0.29) is 23.5 Å². The number of hydrogen-bond acceptors (Lipinski definition) is 6. The number of nitrogens with one attached hydrogen (secondary N) is 1. The van der Waals surface area contributed by atoms with Crippen LogP contribution in [-0.2, 0) is 19.2 Å². The van der Waals surface area contributed by atoms with Crippen LogP contribution in [0.5, 0.6) is 0 Å². The van der Waals surface area contributed by atoms with Crippen molar-refractivity contribution in [3.63, 3.8) is 0 Å². The van der Waals surface area contributed by atoms with Gasteiger partial charge in [0, 0.05) is 0 Å². The van der Waals surface area contributed by atoms with E-state index in [9.17, 15) is 14.7 Å². The van der Waals surface area contributed by atoms with Gasteiger partial charge < -0.3 is 20.0 Å². The van der Waals surface area contributed by atoms with Crippen molar-refractivity contribution in [1.29, 1.82) is 0 Å². The van der Waals surface area contributed by atoms with Gasteiger partial charge in [-0.25, -0.2) is 4.79 Å². The zero-order chi connectivity index (χ0) is 26.2. The molecule has 0 unspecified atom stereocenters. The summed E-state index contributed by atoms with van der Waals surface area (Å²) in [5.41, 5.74) is 3.27. The van der Waals surface area contributed by atoms with Crippen LogP contribution in [0.1, 0.15) is 76.8 Å². The molecule has 1 aromatic carbocycles. The lowest BCUT2D eigenvalue weighted by atomic mass is 9.47. The van der Waals surface area contributed by atoms with Crippen LogP contribution in [0.4, 0.5) is 0 Å². The normalized spacial score (nSPS) is 36.4. The van der Waals surface area contributed by atoms with Crippen LogP contribution in [-0.4, -0.2) is 42.5 Å². The van der Waals surface area contributed by atoms with Gasteiger partial charge in [-0.1, -0.05) is 54.9 Å². The molecule has 200 valence electrons. The number of aliphatic hydroxyl groups is 1. The fourth-order valence-electron chi connectivity index (χ4n) is 8.03. The summed E-state index contributed by atoms with van der Waals surface area (Å²) >= 11 is 0. The summed E-state index contributed by atoms with van der Waals surface area (Å²) in [6.07, 6.45) is 10.6. The molecule has 0 spiro atoms. The maximum Gasteiger partial charge on any atom is 0.333 e. The third-order valence-corrected chi connectivity index (χ3v) is 10.2. The maximum atomic E-state index is 12.5. The summed E-state index contributed by atoms with van der Waals surface area (Å²) < 4.78 is 4.86. The van der Waals surface area contributed by atoms with E-state index in [1.54, 1.807) is 24.3 Å². The average Bonchev–Trinajstić information content (AvgIpc) is 3.21. The van der Waals surface area contributed by atoms with Crippen LogP contribution in [0.3, 0.4) is 0 Å². The fourth-order valence-corrected chi connectivity index (χ4v) is 8.03. The fraction of sp³-hybridized carbons (Fsp3) is 0.633. The number of fused-ring (bicyclic) bond motifs is 5. The molecule has 4 aliphatic carbocycles. The predicted octanol–water partition coefficient (Wildman–Crippen LogP) is 4.71. The van der Waals surface area contributed by atoms with Crippen molar-refractivity contribution < 1.29 is 24.3 Å². The maximum absolute atomic E-state index is 12.5. The number of rotatable bonds is 6. The molecule has 1 aromatic rings. The molecule has 0 bridgehead atoms. The zero-order valence-corrected chi connectivity index (χ0v) is 22.2. The predicted molar refractivity (Wildman–Crippen MR) is 140 cm³/mol. The summed E-state index contributed by atoms with van der Waals surface area (Å²) in [4.78, 5) is 30.2. The smallest absolute Gasteiger partial charge is 0.333 e. The summed E-state index contributed by atoms with van der Waals surface area (Å²) in [5, 5.41) is 17.7. The Morgan fingerprint density at radius 2 is 1.86 bits per heavy atom. The number of benzene rings is 1. The van der Waals surface area contributed by atoms with Gasteiger partial charge in [0.15, 0.2) is 12.6 Å². The monoisotopic (exact) mass is 508 g/mol. The minimum absolute atomic E-state index is 0.0990. The number of hydrogen-bond donors (Lipinski definition) is 2. The number of carbonyl (C=O) groups is 2. The van der Waals surface area contributed by atoms with E-state index in [2.05, 4.69) is 30.4 Å². The number of allylic oxidation sites excluding steroid dienone is 2. The largest absolute Gasteiger partial charge is 0.467 e. The van der Waals surface area contributed by atoms with Crippen molar-refractivity contribution in [2.75, 3.05) is 13.7 Å². The molecule has 3 fully saturated rings. The number of carbonyl (C=O) groups excluding carboxylic acids is 2. The SMILES string of the molecule is COC(=O)[C@@H](NC(=O)CON=C1C=C2CC[C@@H]3[C@@H](CC[C@]4(C)[C@H](O)CC[C@@H]34)[C@@]2(C)CC1)c1ccccc1. The molecule has 0 aliphatic heterocycles. The van der Waals surface area contributed by atoms with Crippen LogP contribution in [0, 0.1) is 28.6 Å². The molecule has 4 aliphatic rings. The number of amides is 1. The van der Waals surface area contributed by atoms with Crippen molar-refractivity contribution in [1.82, 2.24) is 5.32 Å². The van der Waals surface area contributed by atoms with Gasteiger partial charge in [0.2, 0.25) is 0 Å². The molecule has 2 N–H and O–H groups in total. The second-order valence-electron chi connectivity index (χ2n) is 11.9. The van der Waals surface area contributed by atoms with Crippen molar-refractivity contribution >= 4 is 17.6 Å². The van der Waals surface area contributed by atoms with Crippen LogP contribution in [0.25, 0.3) is 0 Å². The van der Waals surface area contributed by atoms with Crippen LogP contribution in [0.2, 0.25) is 0 Å². The Labute approximate surface area is 219 Å². The standard InChI is InChI=1S/C30H40N2O5/c1-29-15-13-21(32-37-18-26(34)31-27(28(35)36-3)19-7-5-4-6-8-19)17-20(29)9-10-22-23-11-12-25(33)30(23,2)16-14-24(22)29/h4-8,17,22-25,27,33H,9-16,18H2,1-3H3,(H,31,34)/t22-,23-,24+,25+,27-,29-,30-/m0/s1. The number of methoxy groups -OCH3 is 1. The van der Waals surface area contributed by atoms with E-state index in [0.29, 0.717) is 23.3 Å². The quantitative estimate of drug-likeness (QED) is 0.428. The van der Waals surface area contributed by atoms with E-state index >= 15 is 0 Å². The highest BCUT2D eigenvalue weighted by molar-refractivity contribution is 5.96. The first-order valence-corrected chi connectivity index (χ1v) is 13.8. The highest BCUT2D eigenvalue weighted by Crippen LogP contribution is 2.65. The van der Waals surface area contributed by atoms with Gasteiger partial charge in [0.25, 0.3) is 5.91 Å². The summed E-state index contributed by atoms with van der Waals surface area (Å²) in [6.45, 7) is 4.49. The lowest BCUT2D eigenvalue weighted by Crippen LogP contribution is -2.51. The third kappa shape index (κ3) is 4.71. The third-order valence-electron chi connectivity index (χ3n) is 10.2. The molecular formula is C30H40N2O5. The molecule has 5 rings (SSSR count). The zero-order valence-electron chi connectivity index (χ0n) is 22.2. The first-order chi connectivity index (χ1) is 17.8. The Balaban J connectivity index is 1.21. The van der Waals surface area contributed by atoms with E-state index < -0.39 is 17.9 Å². The lowest BCUT2D eigenvalue weighted by Gasteiger charge is -2.57. The topological polar surface area (TPSA) is 97.2 Å². The summed E-state index contributed by atoms with van der Waals surface area (Å²) in [5.74, 6) is 1.04. The van der Waals surface area contributed by atoms with Gasteiger partial charge in [0.05, 0.1) is 18.9 Å². The number of nitrogens with zero attached hydrogens (tertiary/aromatic N) is 1. The molecular weight excluding hydrogens is 468 g/mol. The highest BCUT2D eigenvalue weighted by atomic mass is 16.6. The number of esters is 1. The summed E-state index contributed by atoms with van der Waals surface area (Å²) in [7, 11) is 1.30. The van der Waals surface area contributed by atoms with Crippen molar-refractivity contribution in [3.05, 3.63) is 47.5 Å². The van der Waals surface area contributed by atoms with Crippen LogP contribution >= 0.6 is 0 Å². The van der Waals surface area contributed by atoms with Crippen molar-refractivity contribution in [2.45, 2.75) is 77.4 Å². The van der Waals surface area contributed by atoms with Gasteiger partial charge in [-0.3, -0.25) is 4.79 Å². The average molecular weight is 509 g/mol. The summed E-state index contributed by atoms with van der Waals surface area (Å²) in [6, 6.07) is 8.11. The molecule has 7 atom stereocenters. The molecule has 0 heterocycles. The Morgan fingerprint density at radius 1 is 1.08 bits per heavy atom. The second kappa shape index (κ2) is 10.2. The molecule has 1 amide bonds. The number of oxime groups is 1. The Hall–Kier alpha value is -2.67. The molecule has 0 aromatic heterocycles. The van der Waals surface area contributed by atoms with E-state index in [4.69, 9.17) is 9.57 Å². The molecule has 7 nitrogen and oxygen atoms in total. The first kappa shape index (κ1) is 26.0. The minimum Gasteiger partial charge on any atom is -0.467 e. The van der Waals surface area contributed by atoms with E-state index in [1.165, 1.54) is 25.5 Å². The van der Waals surface area contributed by atoms with E-state index in [1.807, 2.05) is 6.07 Å². The van der Waals surface area contributed by atoms with Crippen molar-refractivity contribution in [3.8, 4) is 0 Å². The minimum atomic E-state index is -0.888. The van der Waals surface area contributed by atoms with Gasteiger partial charge in [-0.05, 0) is 91.6 Å². The molecule has 37 heavy (non-hydrogen) atoms. The highest BCUT2D eigenvalue weighted by Gasteiger charge is 2.58. The first-order valence-electron chi connectivity index (χ1n) is 13.8. The number of aliphatic hydroxyl groups excluding tert-OH is 1. The van der Waals surface area contributed by atoms with Crippen LogP contribution in [0.15, 0.2) is 47.1 Å². The van der Waals surface area contributed by atoms with E-state index in [0.717, 1.165) is 44.2 Å². The number of ether oxygens (including phenoxy) is 1. The Kier molecular flexibility index (Phi) is 7.18. The second-order valence-corrected chi connectivity index (χ2v) is 11.9. The molecule has 7 heteroatoms. The van der Waals surface area contributed by atoms with Crippen LogP contribution < -0.4 is 5.32 Å². The molecule has 3 saturated carbocycles. The van der Waals surface area contributed by atoms with Gasteiger partial charge >= 0.3 is 5.97 Å². The van der Waals surface area contributed by atoms with Gasteiger partial charge in [-0.2, -0.15) is 0 Å². The lowest BCUT2D eigenvalue weighted by molar-refractivity contribution is -0.145. The van der Waals surface area contributed by atoms with Gasteiger partial charge in [-0.15, -0.1) is 0 Å². The molecule has 0 radical (unpaired) electrons. The van der Waals surface area contributed by atoms with Gasteiger partial charge in [0.1, 0.15) is 0 Å². The Bertz CT molecular complexity index is 1080.